The molecule has 1 aliphatic heterocycles. The van der Waals surface area contributed by atoms with Crippen LogP contribution < -0.4 is 10.2 Å². The summed E-state index contributed by atoms with van der Waals surface area (Å²) in [5, 5.41) is 3.50. The minimum atomic E-state index is 0.628. The molecule has 0 unspecified atom stereocenters. The predicted octanol–water partition coefficient (Wildman–Crippen LogP) is 3.82. The molecule has 2 aliphatic rings. The van der Waals surface area contributed by atoms with Crippen molar-refractivity contribution in [1.29, 1.82) is 0 Å². The molecule has 1 aliphatic carbocycles. The molecule has 0 radical (unpaired) electrons. The lowest BCUT2D eigenvalue weighted by molar-refractivity contribution is 0.402. The van der Waals surface area contributed by atoms with E-state index < -0.39 is 0 Å². The Morgan fingerprint density at radius 1 is 1.04 bits per heavy atom. The van der Waals surface area contributed by atoms with Crippen molar-refractivity contribution in [1.82, 2.24) is 9.97 Å². The van der Waals surface area contributed by atoms with E-state index in [1.807, 2.05) is 6.92 Å². The number of anilines is 2. The molecule has 1 N–H and O–H groups in total. The van der Waals surface area contributed by atoms with Gasteiger partial charge >= 0.3 is 0 Å². The Bertz CT molecular complexity index is 673. The van der Waals surface area contributed by atoms with E-state index >= 15 is 0 Å². The van der Waals surface area contributed by atoms with Gasteiger partial charge in [0.05, 0.1) is 0 Å². The smallest absolute Gasteiger partial charge is 0.134 e. The molecule has 1 saturated heterocycles. The van der Waals surface area contributed by atoms with E-state index in [2.05, 4.69) is 56.6 Å². The summed E-state index contributed by atoms with van der Waals surface area (Å²) in [4.78, 5) is 11.6. The minimum Gasteiger partial charge on any atom is -0.367 e. The molecule has 4 nitrogen and oxygen atoms in total. The number of aryl methyl sites for hydroxylation is 1. The van der Waals surface area contributed by atoms with E-state index in [0.717, 1.165) is 36.5 Å². The van der Waals surface area contributed by atoms with E-state index in [1.165, 1.54) is 37.7 Å². The van der Waals surface area contributed by atoms with Crippen molar-refractivity contribution in [3.05, 3.63) is 47.8 Å². The summed E-state index contributed by atoms with van der Waals surface area (Å²) in [7, 11) is 0. The first-order valence-corrected chi connectivity index (χ1v) is 9.17. The fourth-order valence-corrected chi connectivity index (χ4v) is 3.54. The highest BCUT2D eigenvalue weighted by molar-refractivity contribution is 5.50. The standard InChI is InChI=1S/C20H26N4/c1-15-21-19(23-18-7-8-18)14-20(22-15)24-11-9-17(10-12-24)13-16-5-3-2-4-6-16/h2-6,14,17-18H,7-13H2,1H3,(H,21,22,23). The van der Waals surface area contributed by atoms with Crippen molar-refractivity contribution in [3.8, 4) is 0 Å². The van der Waals surface area contributed by atoms with Gasteiger partial charge in [0.2, 0.25) is 0 Å². The van der Waals surface area contributed by atoms with Crippen molar-refractivity contribution < 1.29 is 0 Å². The summed E-state index contributed by atoms with van der Waals surface area (Å²) < 4.78 is 0. The monoisotopic (exact) mass is 322 g/mol. The summed E-state index contributed by atoms with van der Waals surface area (Å²) in [5.41, 5.74) is 1.46. The second kappa shape index (κ2) is 6.80. The van der Waals surface area contributed by atoms with Gasteiger partial charge in [-0.1, -0.05) is 30.3 Å². The highest BCUT2D eigenvalue weighted by Crippen LogP contribution is 2.28. The molecule has 0 atom stereocenters. The largest absolute Gasteiger partial charge is 0.367 e. The van der Waals surface area contributed by atoms with E-state index in [-0.39, 0.29) is 0 Å². The Hall–Kier alpha value is -2.10. The normalized spacial score (nSPS) is 18.6. The van der Waals surface area contributed by atoms with E-state index in [0.29, 0.717) is 6.04 Å². The molecular formula is C20H26N4. The van der Waals surface area contributed by atoms with Gasteiger partial charge in [-0.25, -0.2) is 9.97 Å². The second-order valence-corrected chi connectivity index (χ2v) is 7.20. The molecule has 4 rings (SSSR count). The van der Waals surface area contributed by atoms with Gasteiger partial charge in [0.25, 0.3) is 0 Å². The van der Waals surface area contributed by atoms with Crippen LogP contribution in [-0.2, 0) is 6.42 Å². The number of nitrogens with zero attached hydrogens (tertiary/aromatic N) is 3. The summed E-state index contributed by atoms with van der Waals surface area (Å²) in [6.45, 7) is 4.18. The first kappa shape index (κ1) is 15.4. The van der Waals surface area contributed by atoms with Gasteiger partial charge < -0.3 is 10.2 Å². The Balaban J connectivity index is 1.37. The van der Waals surface area contributed by atoms with Crippen molar-refractivity contribution in [2.45, 2.75) is 45.1 Å². The quantitative estimate of drug-likeness (QED) is 0.908. The summed E-state index contributed by atoms with van der Waals surface area (Å²) in [6.07, 6.45) is 6.21. The molecule has 0 bridgehead atoms. The van der Waals surface area contributed by atoms with Crippen LogP contribution in [-0.4, -0.2) is 29.1 Å². The maximum atomic E-state index is 4.67. The molecule has 4 heteroatoms. The molecule has 2 fully saturated rings. The van der Waals surface area contributed by atoms with Crippen LogP contribution in [0.1, 0.15) is 37.1 Å². The van der Waals surface area contributed by atoms with Crippen LogP contribution in [0.4, 0.5) is 11.6 Å². The highest BCUT2D eigenvalue weighted by Gasteiger charge is 2.24. The molecule has 2 heterocycles. The third-order valence-corrected chi connectivity index (χ3v) is 5.06. The van der Waals surface area contributed by atoms with Gasteiger partial charge in [0.1, 0.15) is 17.5 Å². The Labute approximate surface area is 144 Å². The minimum absolute atomic E-state index is 0.628. The highest BCUT2D eigenvalue weighted by atomic mass is 15.2. The number of nitrogens with one attached hydrogen (secondary N) is 1. The maximum Gasteiger partial charge on any atom is 0.134 e. The zero-order chi connectivity index (χ0) is 16.4. The Morgan fingerprint density at radius 2 is 1.79 bits per heavy atom. The fourth-order valence-electron chi connectivity index (χ4n) is 3.54. The van der Waals surface area contributed by atoms with Crippen LogP contribution in [0.5, 0.6) is 0 Å². The summed E-state index contributed by atoms with van der Waals surface area (Å²) >= 11 is 0. The molecule has 1 saturated carbocycles. The van der Waals surface area contributed by atoms with E-state index in [9.17, 15) is 0 Å². The van der Waals surface area contributed by atoms with Crippen LogP contribution in [0.15, 0.2) is 36.4 Å². The zero-order valence-corrected chi connectivity index (χ0v) is 14.4. The Morgan fingerprint density at radius 3 is 2.50 bits per heavy atom. The Kier molecular flexibility index (Phi) is 4.37. The zero-order valence-electron chi connectivity index (χ0n) is 14.4. The first-order valence-electron chi connectivity index (χ1n) is 9.17. The third-order valence-electron chi connectivity index (χ3n) is 5.06. The fraction of sp³-hybridized carbons (Fsp3) is 0.500. The molecule has 1 aromatic carbocycles. The summed E-state index contributed by atoms with van der Waals surface area (Å²) in [5.74, 6) is 3.73. The average Bonchev–Trinajstić information content (AvgIpc) is 3.40. The van der Waals surface area contributed by atoms with Crippen LogP contribution in [0.25, 0.3) is 0 Å². The molecule has 24 heavy (non-hydrogen) atoms. The number of aromatic nitrogens is 2. The van der Waals surface area contributed by atoms with Crippen molar-refractivity contribution in [3.63, 3.8) is 0 Å². The first-order chi connectivity index (χ1) is 11.8. The average molecular weight is 322 g/mol. The van der Waals surface area contributed by atoms with Gasteiger partial charge in [-0.15, -0.1) is 0 Å². The molecule has 1 aromatic heterocycles. The third kappa shape index (κ3) is 3.86. The van der Waals surface area contributed by atoms with Crippen molar-refractivity contribution in [2.24, 2.45) is 5.92 Å². The molecule has 0 amide bonds. The van der Waals surface area contributed by atoms with Gasteiger partial charge in [-0.3, -0.25) is 0 Å². The number of benzene rings is 1. The number of hydrogen-bond donors (Lipinski definition) is 1. The van der Waals surface area contributed by atoms with Gasteiger partial charge in [0, 0.05) is 25.2 Å². The van der Waals surface area contributed by atoms with E-state index in [4.69, 9.17) is 0 Å². The summed E-state index contributed by atoms with van der Waals surface area (Å²) in [6, 6.07) is 13.6. The maximum absolute atomic E-state index is 4.67. The number of piperidine rings is 1. The van der Waals surface area contributed by atoms with Gasteiger partial charge in [-0.2, -0.15) is 0 Å². The van der Waals surface area contributed by atoms with Crippen LogP contribution >= 0.6 is 0 Å². The van der Waals surface area contributed by atoms with Crippen molar-refractivity contribution in [2.75, 3.05) is 23.3 Å². The van der Waals surface area contributed by atoms with Crippen LogP contribution in [0.2, 0.25) is 0 Å². The van der Waals surface area contributed by atoms with Crippen LogP contribution in [0, 0.1) is 12.8 Å². The van der Waals surface area contributed by atoms with Crippen LogP contribution in [0.3, 0.4) is 0 Å². The number of rotatable bonds is 5. The molecule has 0 spiro atoms. The number of hydrogen-bond acceptors (Lipinski definition) is 4. The lowest BCUT2D eigenvalue weighted by atomic mass is 9.90. The van der Waals surface area contributed by atoms with Crippen molar-refractivity contribution >= 4 is 11.6 Å². The lowest BCUT2D eigenvalue weighted by Crippen LogP contribution is -2.35. The van der Waals surface area contributed by atoms with Gasteiger partial charge in [-0.05, 0) is 50.5 Å². The topological polar surface area (TPSA) is 41.1 Å². The van der Waals surface area contributed by atoms with Gasteiger partial charge in [0.15, 0.2) is 0 Å². The second-order valence-electron chi connectivity index (χ2n) is 7.20. The lowest BCUT2D eigenvalue weighted by Gasteiger charge is -2.33. The van der Waals surface area contributed by atoms with E-state index in [1.54, 1.807) is 0 Å². The molecule has 126 valence electrons. The molecular weight excluding hydrogens is 296 g/mol. The SMILES string of the molecule is Cc1nc(NC2CC2)cc(N2CCC(Cc3ccccc3)CC2)n1. The predicted molar refractivity (Wildman–Crippen MR) is 98.5 cm³/mol. The molecule has 2 aromatic rings.